The van der Waals surface area contributed by atoms with Crippen LogP contribution in [0.4, 0.5) is 15.9 Å². The molecule has 0 spiro atoms. The molecular weight excluding hydrogens is 317 g/mol. The number of nitrogens with zero attached hydrogens (tertiary/aromatic N) is 1. The highest BCUT2D eigenvalue weighted by Gasteiger charge is 2.05. The Kier molecular flexibility index (Phi) is 5.36. The van der Waals surface area contributed by atoms with E-state index in [1.165, 1.54) is 6.07 Å². The number of amides is 1. The highest BCUT2D eigenvalue weighted by atomic mass is 19.1. The van der Waals surface area contributed by atoms with Gasteiger partial charge < -0.3 is 10.6 Å². The lowest BCUT2D eigenvalue weighted by Gasteiger charge is -2.08. The lowest BCUT2D eigenvalue weighted by Crippen LogP contribution is -2.14. The van der Waals surface area contributed by atoms with Crippen LogP contribution in [0, 0.1) is 5.82 Å². The third-order valence-corrected chi connectivity index (χ3v) is 3.67. The number of rotatable bonds is 6. The van der Waals surface area contributed by atoms with Gasteiger partial charge in [0.2, 0.25) is 5.91 Å². The van der Waals surface area contributed by atoms with Crippen molar-refractivity contribution in [1.82, 2.24) is 4.98 Å². The normalized spacial score (nSPS) is 10.3. The van der Waals surface area contributed by atoms with E-state index in [0.29, 0.717) is 30.0 Å². The molecule has 25 heavy (non-hydrogen) atoms. The molecule has 0 aliphatic rings. The molecule has 0 aliphatic heterocycles. The largest absolute Gasteiger partial charge is 0.366 e. The van der Waals surface area contributed by atoms with Crippen LogP contribution in [-0.4, -0.2) is 10.9 Å². The smallest absolute Gasteiger partial charge is 0.228 e. The fourth-order valence-corrected chi connectivity index (χ4v) is 2.39. The van der Waals surface area contributed by atoms with Gasteiger partial charge in [-0.1, -0.05) is 48.5 Å². The van der Waals surface area contributed by atoms with Crippen LogP contribution >= 0.6 is 0 Å². The molecule has 2 N–H and O–H groups in total. The Balaban J connectivity index is 1.53. The van der Waals surface area contributed by atoms with E-state index in [9.17, 15) is 9.18 Å². The fraction of sp³-hybridized carbons (Fsp3) is 0.100. The summed E-state index contributed by atoms with van der Waals surface area (Å²) >= 11 is 0. The van der Waals surface area contributed by atoms with E-state index in [4.69, 9.17) is 0 Å². The summed E-state index contributed by atoms with van der Waals surface area (Å²) in [4.78, 5) is 16.3. The molecule has 1 aromatic heterocycles. The van der Waals surface area contributed by atoms with Crippen molar-refractivity contribution >= 4 is 17.4 Å². The highest BCUT2D eigenvalue weighted by Crippen LogP contribution is 2.13. The predicted octanol–water partition coefficient (Wildman–Crippen LogP) is 4.01. The van der Waals surface area contributed by atoms with Crippen molar-refractivity contribution in [2.75, 3.05) is 10.6 Å². The van der Waals surface area contributed by atoms with Crippen LogP contribution in [0.1, 0.15) is 11.1 Å². The molecule has 3 aromatic rings. The van der Waals surface area contributed by atoms with Gasteiger partial charge >= 0.3 is 0 Å². The number of nitrogens with one attached hydrogen (secondary N) is 2. The summed E-state index contributed by atoms with van der Waals surface area (Å²) in [6.07, 6.45) is 1.89. The van der Waals surface area contributed by atoms with Gasteiger partial charge in [0.25, 0.3) is 0 Å². The molecule has 0 saturated carbocycles. The summed E-state index contributed by atoms with van der Waals surface area (Å²) in [6, 6.07) is 19.7. The molecule has 3 rings (SSSR count). The molecule has 0 bridgehead atoms. The average molecular weight is 335 g/mol. The Morgan fingerprint density at radius 3 is 2.44 bits per heavy atom. The summed E-state index contributed by atoms with van der Waals surface area (Å²) in [6.45, 7) is 0.347. The maximum atomic E-state index is 13.6. The molecule has 0 atom stereocenters. The Morgan fingerprint density at radius 2 is 1.72 bits per heavy atom. The van der Waals surface area contributed by atoms with E-state index < -0.39 is 0 Å². The van der Waals surface area contributed by atoms with Crippen molar-refractivity contribution in [3.8, 4) is 0 Å². The third kappa shape index (κ3) is 4.88. The van der Waals surface area contributed by atoms with Crippen molar-refractivity contribution in [3.05, 3.63) is 89.9 Å². The Hall–Kier alpha value is -3.21. The van der Waals surface area contributed by atoms with Gasteiger partial charge in [0.1, 0.15) is 11.6 Å². The minimum atomic E-state index is -0.250. The van der Waals surface area contributed by atoms with E-state index in [2.05, 4.69) is 15.6 Å². The Morgan fingerprint density at radius 1 is 0.960 bits per heavy atom. The zero-order valence-electron chi connectivity index (χ0n) is 13.6. The number of carbonyl (C=O) groups excluding carboxylic acids is 1. The third-order valence-electron chi connectivity index (χ3n) is 3.67. The maximum Gasteiger partial charge on any atom is 0.228 e. The number of halogens is 1. The monoisotopic (exact) mass is 335 g/mol. The molecule has 2 aromatic carbocycles. The lowest BCUT2D eigenvalue weighted by atomic mass is 10.1. The molecule has 126 valence electrons. The molecular formula is C20H18FN3O. The molecule has 0 fully saturated rings. The van der Waals surface area contributed by atoms with Gasteiger partial charge in [-0.3, -0.25) is 4.79 Å². The van der Waals surface area contributed by atoms with Crippen LogP contribution in [0.25, 0.3) is 0 Å². The first-order valence-electron chi connectivity index (χ1n) is 7.98. The number of anilines is 2. The minimum Gasteiger partial charge on any atom is -0.366 e. The van der Waals surface area contributed by atoms with Gasteiger partial charge in [-0.15, -0.1) is 0 Å². The second-order valence-corrected chi connectivity index (χ2v) is 5.59. The van der Waals surface area contributed by atoms with Gasteiger partial charge in [-0.2, -0.15) is 0 Å². The summed E-state index contributed by atoms with van der Waals surface area (Å²) < 4.78 is 13.6. The second kappa shape index (κ2) is 8.06. The molecule has 0 unspecified atom stereocenters. The van der Waals surface area contributed by atoms with Crippen molar-refractivity contribution in [2.24, 2.45) is 0 Å². The Bertz CT molecular complexity index is 835. The first-order chi connectivity index (χ1) is 12.2. The second-order valence-electron chi connectivity index (χ2n) is 5.59. The van der Waals surface area contributed by atoms with Gasteiger partial charge in [-0.25, -0.2) is 9.37 Å². The molecule has 4 nitrogen and oxygen atoms in total. The van der Waals surface area contributed by atoms with Crippen molar-refractivity contribution in [2.45, 2.75) is 13.0 Å². The lowest BCUT2D eigenvalue weighted by molar-refractivity contribution is -0.115. The van der Waals surface area contributed by atoms with Crippen LogP contribution in [-0.2, 0) is 17.8 Å². The standard InChI is InChI=1S/C20H18FN3O/c21-18-9-5-4-8-16(18)13-22-19-11-10-17(14-23-19)24-20(25)12-15-6-2-1-3-7-15/h1-11,14H,12-13H2,(H,22,23)(H,24,25). The van der Waals surface area contributed by atoms with E-state index in [1.807, 2.05) is 30.3 Å². The van der Waals surface area contributed by atoms with Gasteiger partial charge in [-0.05, 0) is 23.8 Å². The topological polar surface area (TPSA) is 54.0 Å². The SMILES string of the molecule is O=C(Cc1ccccc1)Nc1ccc(NCc2ccccc2F)nc1. The fourth-order valence-electron chi connectivity index (χ4n) is 2.39. The summed E-state index contributed by atoms with van der Waals surface area (Å²) in [5.41, 5.74) is 2.15. The predicted molar refractivity (Wildman–Crippen MR) is 96.7 cm³/mol. The van der Waals surface area contributed by atoms with Crippen molar-refractivity contribution < 1.29 is 9.18 Å². The van der Waals surface area contributed by atoms with E-state index >= 15 is 0 Å². The summed E-state index contributed by atoms with van der Waals surface area (Å²) in [5.74, 6) is 0.268. The molecule has 0 saturated heterocycles. The number of hydrogen-bond acceptors (Lipinski definition) is 3. The van der Waals surface area contributed by atoms with Gasteiger partial charge in [0.15, 0.2) is 0 Å². The average Bonchev–Trinajstić information content (AvgIpc) is 2.63. The number of pyridine rings is 1. The van der Waals surface area contributed by atoms with Crippen LogP contribution in [0.2, 0.25) is 0 Å². The molecule has 1 amide bonds. The Labute approximate surface area is 145 Å². The number of benzene rings is 2. The van der Waals surface area contributed by atoms with Crippen LogP contribution in [0.15, 0.2) is 72.9 Å². The zero-order valence-corrected chi connectivity index (χ0v) is 13.6. The van der Waals surface area contributed by atoms with Crippen LogP contribution in [0.3, 0.4) is 0 Å². The zero-order chi connectivity index (χ0) is 17.5. The molecule has 0 aliphatic carbocycles. The van der Waals surface area contributed by atoms with Crippen LogP contribution < -0.4 is 10.6 Å². The molecule has 0 radical (unpaired) electrons. The summed E-state index contributed by atoms with van der Waals surface area (Å²) in [5, 5.41) is 5.87. The van der Waals surface area contributed by atoms with Crippen molar-refractivity contribution in [1.29, 1.82) is 0 Å². The number of hydrogen-bond donors (Lipinski definition) is 2. The first kappa shape index (κ1) is 16.6. The van der Waals surface area contributed by atoms with E-state index in [0.717, 1.165) is 5.56 Å². The number of carbonyl (C=O) groups is 1. The first-order valence-corrected chi connectivity index (χ1v) is 7.98. The van der Waals surface area contributed by atoms with E-state index in [1.54, 1.807) is 36.5 Å². The quantitative estimate of drug-likeness (QED) is 0.715. The molecule has 1 heterocycles. The highest BCUT2D eigenvalue weighted by molar-refractivity contribution is 5.92. The van der Waals surface area contributed by atoms with Crippen molar-refractivity contribution in [3.63, 3.8) is 0 Å². The minimum absolute atomic E-state index is 0.0972. The van der Waals surface area contributed by atoms with Crippen LogP contribution in [0.5, 0.6) is 0 Å². The van der Waals surface area contributed by atoms with Gasteiger partial charge in [0.05, 0.1) is 18.3 Å². The number of aromatic nitrogens is 1. The maximum absolute atomic E-state index is 13.6. The molecule has 5 heteroatoms. The van der Waals surface area contributed by atoms with E-state index in [-0.39, 0.29) is 11.7 Å². The summed E-state index contributed by atoms with van der Waals surface area (Å²) in [7, 11) is 0. The van der Waals surface area contributed by atoms with Gasteiger partial charge in [0, 0.05) is 12.1 Å².